The van der Waals surface area contributed by atoms with E-state index in [1.54, 1.807) is 19.9 Å². The van der Waals surface area contributed by atoms with Crippen molar-refractivity contribution in [2.24, 2.45) is 0 Å². The zero-order chi connectivity index (χ0) is 22.9. The number of benzene rings is 1. The lowest BCUT2D eigenvalue weighted by molar-refractivity contribution is -0.589. The van der Waals surface area contributed by atoms with Crippen LogP contribution in [0.1, 0.15) is 25.4 Å². The molecule has 3 N–H and O–H groups in total. The molecule has 0 fully saturated rings. The standard InChI is InChI=1S/C20H21F2IN4O4/c1-3-14-17(22)18(24-13-6-5-10(23)7-12(13)21)16-19(27(14)31)25-15(4-2)26(20(16)30)8-11(29)9-28/h5-7,11,24,28-29H,3-4,8-9H2,1-2H3. The topological polar surface area (TPSA) is 114 Å². The number of hydrogen-bond donors (Lipinski definition) is 3. The van der Waals surface area contributed by atoms with Crippen molar-refractivity contribution in [2.75, 3.05) is 11.9 Å². The highest BCUT2D eigenvalue weighted by molar-refractivity contribution is 14.1. The van der Waals surface area contributed by atoms with Crippen molar-refractivity contribution in [3.05, 3.63) is 60.5 Å². The molecule has 1 unspecified atom stereocenters. The molecule has 0 aliphatic heterocycles. The first-order chi connectivity index (χ1) is 14.7. The Morgan fingerprint density at radius 1 is 1.32 bits per heavy atom. The number of hydrogen-bond acceptors (Lipinski definition) is 6. The molecule has 0 aliphatic carbocycles. The first kappa shape index (κ1) is 23.3. The Labute approximate surface area is 189 Å². The normalized spacial score (nSPS) is 12.4. The lowest BCUT2D eigenvalue weighted by Gasteiger charge is -2.18. The molecule has 2 heterocycles. The van der Waals surface area contributed by atoms with Gasteiger partial charge in [-0.25, -0.2) is 13.5 Å². The van der Waals surface area contributed by atoms with Crippen molar-refractivity contribution in [2.45, 2.75) is 39.3 Å². The van der Waals surface area contributed by atoms with Gasteiger partial charge in [0.2, 0.25) is 5.82 Å². The number of rotatable bonds is 7. The number of aromatic nitrogens is 3. The number of nitrogens with zero attached hydrogens (tertiary/aromatic N) is 3. The summed E-state index contributed by atoms with van der Waals surface area (Å²) >= 11 is 1.93. The minimum Gasteiger partial charge on any atom is -0.710 e. The number of aliphatic hydroxyl groups is 2. The lowest BCUT2D eigenvalue weighted by atomic mass is 10.1. The van der Waals surface area contributed by atoms with Gasteiger partial charge in [0.1, 0.15) is 17.2 Å². The van der Waals surface area contributed by atoms with E-state index in [0.717, 1.165) is 4.57 Å². The smallest absolute Gasteiger partial charge is 0.343 e. The lowest BCUT2D eigenvalue weighted by Crippen LogP contribution is -2.40. The Bertz CT molecular complexity index is 1200. The van der Waals surface area contributed by atoms with Crippen LogP contribution >= 0.6 is 22.6 Å². The summed E-state index contributed by atoms with van der Waals surface area (Å²) in [6.45, 7) is 2.38. The van der Waals surface area contributed by atoms with Crippen molar-refractivity contribution in [3.8, 4) is 0 Å². The molecule has 1 aromatic carbocycles. The second kappa shape index (κ2) is 9.40. The average Bonchev–Trinajstić information content (AvgIpc) is 2.74. The van der Waals surface area contributed by atoms with Crippen molar-refractivity contribution >= 4 is 45.0 Å². The highest BCUT2D eigenvalue weighted by atomic mass is 127. The van der Waals surface area contributed by atoms with Crippen LogP contribution in [0.3, 0.4) is 0 Å². The fraction of sp³-hybridized carbons (Fsp3) is 0.350. The Hall–Kier alpha value is -2.38. The maximum absolute atomic E-state index is 15.3. The Balaban J connectivity index is 2.38. The van der Waals surface area contributed by atoms with Crippen LogP contribution in [0.4, 0.5) is 20.2 Å². The van der Waals surface area contributed by atoms with Gasteiger partial charge in [-0.05, 0) is 45.8 Å². The quantitative estimate of drug-likeness (QED) is 0.238. The van der Waals surface area contributed by atoms with Gasteiger partial charge in [0, 0.05) is 16.4 Å². The van der Waals surface area contributed by atoms with Crippen molar-refractivity contribution in [1.29, 1.82) is 0 Å². The van der Waals surface area contributed by atoms with Crippen LogP contribution in [0, 0.1) is 20.4 Å². The van der Waals surface area contributed by atoms with Crippen LogP contribution < -0.4 is 15.6 Å². The molecule has 0 aliphatic rings. The van der Waals surface area contributed by atoms with Gasteiger partial charge in [0.25, 0.3) is 5.56 Å². The van der Waals surface area contributed by atoms with Gasteiger partial charge in [0.15, 0.2) is 11.2 Å². The molecular weight excluding hydrogens is 525 g/mol. The van der Waals surface area contributed by atoms with Gasteiger partial charge < -0.3 is 20.7 Å². The van der Waals surface area contributed by atoms with Gasteiger partial charge in [-0.2, -0.15) is 0 Å². The zero-order valence-electron chi connectivity index (χ0n) is 16.8. The molecule has 0 amide bonds. The monoisotopic (exact) mass is 546 g/mol. The molecule has 0 bridgehead atoms. The summed E-state index contributed by atoms with van der Waals surface area (Å²) in [4.78, 5) is 17.5. The second-order valence-electron chi connectivity index (χ2n) is 6.87. The Kier molecular flexibility index (Phi) is 7.06. The summed E-state index contributed by atoms with van der Waals surface area (Å²) in [7, 11) is 0. The van der Waals surface area contributed by atoms with E-state index in [1.165, 1.54) is 12.1 Å². The van der Waals surface area contributed by atoms with E-state index in [2.05, 4.69) is 10.3 Å². The van der Waals surface area contributed by atoms with Crippen LogP contribution in [0.5, 0.6) is 0 Å². The van der Waals surface area contributed by atoms with Crippen molar-refractivity contribution in [1.82, 2.24) is 9.55 Å². The fourth-order valence-corrected chi connectivity index (χ4v) is 3.74. The second-order valence-corrected chi connectivity index (χ2v) is 8.11. The predicted octanol–water partition coefficient (Wildman–Crippen LogP) is 2.13. The molecule has 3 aromatic rings. The van der Waals surface area contributed by atoms with E-state index in [9.17, 15) is 19.5 Å². The van der Waals surface area contributed by atoms with Gasteiger partial charge in [-0.15, -0.1) is 0 Å². The summed E-state index contributed by atoms with van der Waals surface area (Å²) in [6, 6.07) is 4.24. The molecule has 31 heavy (non-hydrogen) atoms. The molecule has 1 atom stereocenters. The third-order valence-electron chi connectivity index (χ3n) is 4.84. The molecule has 0 saturated carbocycles. The van der Waals surface area contributed by atoms with Crippen LogP contribution in [0.25, 0.3) is 11.0 Å². The van der Waals surface area contributed by atoms with Crippen LogP contribution in [0.2, 0.25) is 0 Å². The fourth-order valence-electron chi connectivity index (χ4n) is 3.29. The van der Waals surface area contributed by atoms with Crippen LogP contribution in [-0.4, -0.2) is 32.5 Å². The summed E-state index contributed by atoms with van der Waals surface area (Å²) in [5.41, 5.74) is -1.78. The van der Waals surface area contributed by atoms with Gasteiger partial charge in [-0.3, -0.25) is 9.36 Å². The third-order valence-corrected chi connectivity index (χ3v) is 5.51. The number of halogens is 3. The number of aryl methyl sites for hydroxylation is 1. The Morgan fingerprint density at radius 2 is 2.03 bits per heavy atom. The molecule has 166 valence electrons. The predicted molar refractivity (Wildman–Crippen MR) is 119 cm³/mol. The molecule has 0 radical (unpaired) electrons. The van der Waals surface area contributed by atoms with E-state index >= 15 is 4.39 Å². The number of pyridine rings is 1. The molecule has 0 spiro atoms. The largest absolute Gasteiger partial charge is 0.710 e. The number of aliphatic hydroxyl groups excluding tert-OH is 2. The third kappa shape index (κ3) is 4.34. The molecule has 2 aromatic heterocycles. The van der Waals surface area contributed by atoms with Crippen LogP contribution in [0.15, 0.2) is 23.0 Å². The van der Waals surface area contributed by atoms with E-state index in [0.29, 0.717) is 3.57 Å². The van der Waals surface area contributed by atoms with E-state index < -0.39 is 29.9 Å². The summed E-state index contributed by atoms with van der Waals surface area (Å²) in [5, 5.41) is 34.0. The minimum atomic E-state index is -1.26. The van der Waals surface area contributed by atoms with E-state index in [-0.39, 0.29) is 58.0 Å². The average molecular weight is 546 g/mol. The molecular formula is C20H21F2IN4O4. The van der Waals surface area contributed by atoms with Gasteiger partial charge in [0.05, 0.1) is 24.9 Å². The number of nitrogens with one attached hydrogen (secondary N) is 1. The Morgan fingerprint density at radius 3 is 2.61 bits per heavy atom. The SMILES string of the molecule is CCc1nc2c(c(Nc3ccc(I)cc3F)c(F)c(CC)[n+]2[O-])c(=O)n1CC(O)CO. The van der Waals surface area contributed by atoms with Crippen LogP contribution in [-0.2, 0) is 19.4 Å². The highest BCUT2D eigenvalue weighted by Gasteiger charge is 2.28. The van der Waals surface area contributed by atoms with Crippen molar-refractivity contribution in [3.63, 3.8) is 0 Å². The molecule has 3 rings (SSSR count). The molecule has 8 nitrogen and oxygen atoms in total. The van der Waals surface area contributed by atoms with Gasteiger partial charge in [-0.1, -0.05) is 13.8 Å². The van der Waals surface area contributed by atoms with Gasteiger partial charge >= 0.3 is 5.65 Å². The number of anilines is 2. The minimum absolute atomic E-state index is 0.0184. The van der Waals surface area contributed by atoms with E-state index in [1.807, 2.05) is 22.6 Å². The molecule has 11 heteroatoms. The maximum Gasteiger partial charge on any atom is 0.343 e. The summed E-state index contributed by atoms with van der Waals surface area (Å²) in [5.74, 6) is -1.46. The van der Waals surface area contributed by atoms with E-state index in [4.69, 9.17) is 5.11 Å². The first-order valence-corrected chi connectivity index (χ1v) is 10.7. The maximum atomic E-state index is 15.3. The summed E-state index contributed by atoms with van der Waals surface area (Å²) in [6.07, 6.45) is -0.993. The molecule has 0 saturated heterocycles. The zero-order valence-corrected chi connectivity index (χ0v) is 19.0. The number of fused-ring (bicyclic) bond motifs is 1. The summed E-state index contributed by atoms with van der Waals surface area (Å²) < 4.78 is 31.7. The van der Waals surface area contributed by atoms with Crippen molar-refractivity contribution < 1.29 is 23.7 Å². The highest BCUT2D eigenvalue weighted by Crippen LogP contribution is 2.29. The first-order valence-electron chi connectivity index (χ1n) is 9.61.